The number of piperazine rings is 2. The number of rotatable bonds is 27. The summed E-state index contributed by atoms with van der Waals surface area (Å²) < 4.78 is 42.8. The van der Waals surface area contributed by atoms with E-state index in [1.165, 1.54) is 27.5 Å². The number of amides is 2. The number of ether oxygens (including phenoxy) is 6. The number of hydrogen-bond donors (Lipinski definition) is 3. The van der Waals surface area contributed by atoms with Crippen LogP contribution in [-0.2, 0) is 18.6 Å². The van der Waals surface area contributed by atoms with Gasteiger partial charge < -0.3 is 65.5 Å². The van der Waals surface area contributed by atoms with Crippen molar-refractivity contribution < 1.29 is 64.7 Å². The van der Waals surface area contributed by atoms with Gasteiger partial charge in [0.05, 0.1) is 32.5 Å². The van der Waals surface area contributed by atoms with Crippen molar-refractivity contribution in [2.45, 2.75) is 201 Å². The van der Waals surface area contributed by atoms with Crippen molar-refractivity contribution in [3.05, 3.63) is 236 Å². The number of aromatic nitrogens is 3. The SMILES string of the molecule is C=CCN1C[C@H](C)N([C@H](c2ccc(C(=O)N(CC)CCC)cc2)c2cccc(OC3CCCCO3)c2)C[C@H]1C.C=CCN1C[C@H](C)NC[C@H]1C.CCN(CCO[Si](CC)(CC)CC)C(=O)c1ccc(C=O)cc1.Ic1cccc(OC2CCCCO2)c1.Oc1cccc(I)c1.[Cl-].[Mg+2].[c-]1cccc(OC2CCCCO2)c1.c1ccc2n[nH]nc2c1. The third-order valence-electron chi connectivity index (χ3n) is 21.3. The number of H-pyrrole nitrogens is 1. The van der Waals surface area contributed by atoms with Gasteiger partial charge in [-0.25, -0.2) is 0 Å². The summed E-state index contributed by atoms with van der Waals surface area (Å²) in [6, 6.07) is 62.3. The van der Waals surface area contributed by atoms with E-state index < -0.39 is 8.32 Å². The van der Waals surface area contributed by atoms with Crippen molar-refractivity contribution in [2.75, 3.05) is 91.9 Å². The number of phenols is 1. The summed E-state index contributed by atoms with van der Waals surface area (Å²) in [5.74, 6) is 3.02. The van der Waals surface area contributed by atoms with Crippen molar-refractivity contribution in [2.24, 2.45) is 0 Å². The number of phenolic OH excluding ortho intramolecular Hbond substituents is 1. The van der Waals surface area contributed by atoms with Crippen LogP contribution in [0.15, 0.2) is 195 Å². The average Bonchev–Trinajstić information content (AvgIpc) is 0.992. The molecule has 5 aliphatic rings. The smallest absolute Gasteiger partial charge is 1.00 e. The number of halogens is 3. The number of para-hydroxylation sites is 2. The van der Waals surface area contributed by atoms with Gasteiger partial charge in [0.25, 0.3) is 11.8 Å². The van der Waals surface area contributed by atoms with E-state index in [-0.39, 0.29) is 72.2 Å². The summed E-state index contributed by atoms with van der Waals surface area (Å²) >= 11 is 4.42. The Kier molecular flexibility index (Phi) is 50.2. The number of carbonyl (C=O) groups excluding carboxylic acids is 3. The third kappa shape index (κ3) is 36.2. The Bertz CT molecular complexity index is 4070. The van der Waals surface area contributed by atoms with Crippen LogP contribution in [0.3, 0.4) is 0 Å². The Hall–Kier alpha value is -6.36. The van der Waals surface area contributed by atoms with Crippen LogP contribution >= 0.6 is 45.2 Å². The maximum absolute atomic E-state index is 13.1. The number of aromatic hydroxyl groups is 1. The number of aldehydes is 1. The predicted octanol–water partition coefficient (Wildman–Crippen LogP) is 16.1. The molecule has 5 fully saturated rings. The summed E-state index contributed by atoms with van der Waals surface area (Å²) in [4.78, 5) is 47.6. The first-order valence-electron chi connectivity index (χ1n) is 42.2. The number of likely N-dealkylation sites (N-methyl/N-ethyl adjacent to an activating group) is 1. The van der Waals surface area contributed by atoms with E-state index in [4.69, 9.17) is 38.0 Å². The van der Waals surface area contributed by atoms with Gasteiger partial charge in [-0.05, 0) is 246 Å². The molecule has 0 bridgehead atoms. The van der Waals surface area contributed by atoms with E-state index in [1.54, 1.807) is 41.3 Å². The second-order valence-electron chi connectivity index (χ2n) is 30.0. The summed E-state index contributed by atoms with van der Waals surface area (Å²) in [5.41, 5.74) is 6.15. The van der Waals surface area contributed by atoms with Crippen LogP contribution < -0.4 is 31.9 Å². The van der Waals surface area contributed by atoms with Crippen LogP contribution in [0.25, 0.3) is 11.0 Å². The van der Waals surface area contributed by atoms with Gasteiger partial charge in [-0.3, -0.25) is 29.1 Å². The Morgan fingerprint density at radius 3 is 1.57 bits per heavy atom. The molecule has 1 aromatic heterocycles. The summed E-state index contributed by atoms with van der Waals surface area (Å²) in [5, 5.41) is 22.6. The third-order valence-corrected chi connectivity index (χ3v) is 27.3. The second kappa shape index (κ2) is 57.9. The first-order valence-corrected chi connectivity index (χ1v) is 46.9. The molecular formula is C94H130ClI2MgN9O11Si. The van der Waals surface area contributed by atoms with E-state index in [0.717, 1.165) is 185 Å². The van der Waals surface area contributed by atoms with Crippen LogP contribution in [0.1, 0.15) is 182 Å². The average molecular weight is 1900 g/mol. The Morgan fingerprint density at radius 1 is 0.597 bits per heavy atom. The fraction of sp³-hybridized carbons (Fsp3) is 0.479. The molecule has 13 rings (SSSR count). The molecule has 5 saturated heterocycles. The molecule has 0 spiro atoms. The first kappa shape index (κ1) is 103. The molecule has 3 N–H and O–H groups in total. The number of fused-ring (bicyclic) bond motifs is 1. The minimum absolute atomic E-state index is 0. The van der Waals surface area contributed by atoms with E-state index in [2.05, 4.69) is 192 Å². The van der Waals surface area contributed by atoms with Gasteiger partial charge in [-0.2, -0.15) is 33.6 Å². The standard InChI is InChI=1S/C33H47N3O3.C18H29NO3Si.C11H13IO2.C11H13O2.C9H18N2.C6H5IO.C6H5N3.ClH.Mg/c1-6-19-34(8-3)33(37)28-17-15-27(16-18-28)32(36-24-25(4)35(20-7-2)23-26(36)5)29-12-11-13-30(22-29)39-31-14-9-10-21-38-31;1-5-19(13-14-22-23(6-2,7-3)8-4)18(21)17-11-9-16(15-20)10-12-17;12-9-4-3-5-10(8-9)14-11-6-1-2-7-13-11;1-2-6-10(7-3-1)13-11-8-4-5-9-12-11;1-4-5-11-7-8(2)10-6-9(11)3;7-5-2-1-3-6(8)4-5;1-2-4-6-5(3-1)7-9-8-6;;/h7,11-13,15-18,22,25-26,31-32H,2,6,8-10,14,19-21,23-24H2,1,3-5H3;9-12,15H,5-8,13-14H2,1-4H3;3-5,8,11H,1-2,6-7H2;1-2,6-7,11H,4-5,8-9H2;4,8-10H,1,5-7H2,2-3H3;1-4,8H;1-4H,(H,7,8,9);1H;/q;;;-1;;;;;+2/p-1/t25-,26+,31?,32-;;;;8-,9+;;;;/m1...0..../s1. The minimum Gasteiger partial charge on any atom is -1.00 e. The summed E-state index contributed by atoms with van der Waals surface area (Å²) in [7, 11) is -1.60. The van der Waals surface area contributed by atoms with Crippen LogP contribution in [-0.4, -0.2) is 229 Å². The van der Waals surface area contributed by atoms with Gasteiger partial charge in [-0.15, -0.1) is 25.3 Å². The molecule has 25 heteroatoms. The molecule has 2 amide bonds. The fourth-order valence-electron chi connectivity index (χ4n) is 14.4. The zero-order valence-electron chi connectivity index (χ0n) is 72.0. The monoisotopic (exact) mass is 1900 g/mol. The van der Waals surface area contributed by atoms with Crippen molar-refractivity contribution >= 4 is 106 Å². The largest absolute Gasteiger partial charge is 2.00 e. The maximum atomic E-state index is 13.1. The van der Waals surface area contributed by atoms with Crippen molar-refractivity contribution in [1.82, 2.24) is 45.2 Å². The number of nitrogens with zero attached hydrogens (tertiary/aromatic N) is 7. The molecule has 6 heterocycles. The van der Waals surface area contributed by atoms with E-state index in [0.29, 0.717) is 60.7 Å². The van der Waals surface area contributed by atoms with Crippen molar-refractivity contribution in [3.63, 3.8) is 0 Å². The maximum Gasteiger partial charge on any atom is 2.00 e. The second-order valence-corrected chi connectivity index (χ2v) is 37.2. The van der Waals surface area contributed by atoms with E-state index in [1.807, 2.05) is 128 Å². The molecule has 0 aliphatic carbocycles. The Labute approximate surface area is 761 Å². The van der Waals surface area contributed by atoms with Crippen LogP contribution in [0.5, 0.6) is 23.0 Å². The Morgan fingerprint density at radius 2 is 1.10 bits per heavy atom. The summed E-state index contributed by atoms with van der Waals surface area (Å²) in [6.07, 6.45) is 15.3. The van der Waals surface area contributed by atoms with Gasteiger partial charge in [0.2, 0.25) is 0 Å². The van der Waals surface area contributed by atoms with E-state index in [9.17, 15) is 14.4 Å². The van der Waals surface area contributed by atoms with E-state index >= 15 is 0 Å². The normalized spacial score (nSPS) is 19.3. The molecule has 8 aromatic rings. The minimum atomic E-state index is -1.60. The van der Waals surface area contributed by atoms with Gasteiger partial charge in [0.1, 0.15) is 34.6 Å². The topological polar surface area (TPSA) is 206 Å². The summed E-state index contributed by atoms with van der Waals surface area (Å²) in [6.45, 7) is 41.4. The quantitative estimate of drug-likeness (QED) is 0.0144. The number of nitrogens with one attached hydrogen (secondary N) is 2. The van der Waals surface area contributed by atoms with Gasteiger partial charge in [0.15, 0.2) is 27.2 Å². The first-order chi connectivity index (χ1) is 56.8. The molecule has 20 nitrogen and oxygen atoms in total. The van der Waals surface area contributed by atoms with Crippen LogP contribution in [0, 0.1) is 13.2 Å². The van der Waals surface area contributed by atoms with Crippen LogP contribution in [0.2, 0.25) is 18.1 Å². The molecule has 5 aliphatic heterocycles. The van der Waals surface area contributed by atoms with Crippen molar-refractivity contribution in [1.29, 1.82) is 0 Å². The number of carbonyl (C=O) groups is 3. The zero-order valence-corrected chi connectivity index (χ0v) is 79.5. The van der Waals surface area contributed by atoms with Gasteiger partial charge in [0, 0.05) is 138 Å². The molecule has 7 aromatic carbocycles. The number of aromatic amines is 1. The Balaban J connectivity index is 0.000000267. The number of benzene rings is 7. The predicted molar refractivity (Wildman–Crippen MR) is 497 cm³/mol. The fourth-order valence-corrected chi connectivity index (χ4v) is 18.0. The molecule has 0 radical (unpaired) electrons. The zero-order chi connectivity index (χ0) is 84.2. The molecule has 644 valence electrons. The van der Waals surface area contributed by atoms with Crippen LogP contribution in [0.4, 0.5) is 0 Å². The number of hydrogen-bond acceptors (Lipinski definition) is 17. The van der Waals surface area contributed by atoms with Crippen molar-refractivity contribution in [3.8, 4) is 23.0 Å². The van der Waals surface area contributed by atoms with Gasteiger partial charge in [-0.1, -0.05) is 101 Å². The molecule has 3 unspecified atom stereocenters. The molecule has 0 saturated carbocycles. The molecule has 8 atom stereocenters. The van der Waals surface area contributed by atoms with Gasteiger partial charge >= 0.3 is 23.1 Å². The molecular weight excluding hydrogens is 1770 g/mol. The molecule has 119 heavy (non-hydrogen) atoms.